The van der Waals surface area contributed by atoms with Crippen LogP contribution in [-0.4, -0.2) is 15.6 Å². The molecule has 0 aliphatic heterocycles. The lowest BCUT2D eigenvalue weighted by Crippen LogP contribution is -2.04. The molecule has 0 unspecified atom stereocenters. The Hall–Kier alpha value is -1.62. The maximum absolute atomic E-state index is 12.1. The van der Waals surface area contributed by atoms with Gasteiger partial charge in [-0.1, -0.05) is 15.9 Å². The molecule has 82 valence electrons. The van der Waals surface area contributed by atoms with Gasteiger partial charge in [0, 0.05) is 29.0 Å². The maximum atomic E-state index is 12.1. The number of ketones is 1. The lowest BCUT2D eigenvalue weighted by atomic mass is 10.0. The molecule has 4 nitrogen and oxygen atoms in total. The van der Waals surface area contributed by atoms with Crippen LogP contribution in [0.15, 0.2) is 35.1 Å². The van der Waals surface area contributed by atoms with Crippen molar-refractivity contribution in [3.63, 3.8) is 0 Å². The number of nitrogen functional groups attached to an aromatic ring is 1. The predicted octanol–water partition coefficient (Wildman–Crippen LogP) is 2.00. The SMILES string of the molecule is Cn1cc(C(=O)c2cc(Br)ccc2N)cn1. The number of anilines is 1. The van der Waals surface area contributed by atoms with Crippen molar-refractivity contribution in [3.8, 4) is 0 Å². The molecule has 2 N–H and O–H groups in total. The lowest BCUT2D eigenvalue weighted by molar-refractivity contribution is 0.103. The van der Waals surface area contributed by atoms with Gasteiger partial charge in [0.2, 0.25) is 0 Å². The van der Waals surface area contributed by atoms with Crippen LogP contribution in [0, 0.1) is 0 Å². The Balaban J connectivity index is 2.45. The van der Waals surface area contributed by atoms with E-state index in [0.717, 1.165) is 4.47 Å². The minimum Gasteiger partial charge on any atom is -0.398 e. The van der Waals surface area contributed by atoms with Gasteiger partial charge in [-0.05, 0) is 18.2 Å². The summed E-state index contributed by atoms with van der Waals surface area (Å²) in [4.78, 5) is 12.1. The minimum absolute atomic E-state index is 0.119. The molecule has 2 rings (SSSR count). The first kappa shape index (κ1) is 10.9. The van der Waals surface area contributed by atoms with Gasteiger partial charge < -0.3 is 5.73 Å². The standard InChI is InChI=1S/C11H10BrN3O/c1-15-6-7(5-14-15)11(16)9-4-8(12)2-3-10(9)13/h2-6H,13H2,1H3. The van der Waals surface area contributed by atoms with E-state index in [1.54, 1.807) is 36.1 Å². The van der Waals surface area contributed by atoms with Gasteiger partial charge in [0.05, 0.1) is 11.8 Å². The van der Waals surface area contributed by atoms with Crippen molar-refractivity contribution in [3.05, 3.63) is 46.2 Å². The molecule has 0 saturated heterocycles. The number of carbonyl (C=O) groups is 1. The molecule has 0 aliphatic rings. The van der Waals surface area contributed by atoms with E-state index in [-0.39, 0.29) is 5.78 Å². The van der Waals surface area contributed by atoms with E-state index in [2.05, 4.69) is 21.0 Å². The summed E-state index contributed by atoms with van der Waals surface area (Å²) in [5, 5.41) is 3.96. The minimum atomic E-state index is -0.119. The Kier molecular flexibility index (Phi) is 2.78. The second kappa shape index (κ2) is 4.09. The molecule has 0 atom stereocenters. The number of rotatable bonds is 2. The number of carbonyl (C=O) groups excluding carboxylic acids is 1. The zero-order chi connectivity index (χ0) is 11.7. The molecular formula is C11H10BrN3O. The average molecular weight is 280 g/mol. The molecule has 1 heterocycles. The van der Waals surface area contributed by atoms with Crippen LogP contribution in [0.1, 0.15) is 15.9 Å². The van der Waals surface area contributed by atoms with Crippen LogP contribution >= 0.6 is 15.9 Å². The molecule has 0 fully saturated rings. The molecular weight excluding hydrogens is 270 g/mol. The summed E-state index contributed by atoms with van der Waals surface area (Å²) in [5.41, 5.74) is 7.26. The Morgan fingerprint density at radius 1 is 1.50 bits per heavy atom. The molecule has 0 saturated carbocycles. The van der Waals surface area contributed by atoms with Gasteiger partial charge in [0.15, 0.2) is 5.78 Å². The van der Waals surface area contributed by atoms with Gasteiger partial charge in [-0.3, -0.25) is 9.48 Å². The first-order chi connectivity index (χ1) is 7.58. The van der Waals surface area contributed by atoms with Gasteiger partial charge in [0.25, 0.3) is 0 Å². The monoisotopic (exact) mass is 279 g/mol. The highest BCUT2D eigenvalue weighted by Crippen LogP contribution is 2.21. The number of hydrogen-bond acceptors (Lipinski definition) is 3. The van der Waals surface area contributed by atoms with Crippen LogP contribution in [-0.2, 0) is 7.05 Å². The quantitative estimate of drug-likeness (QED) is 0.676. The third-order valence-corrected chi connectivity index (χ3v) is 2.72. The fourth-order valence-electron chi connectivity index (χ4n) is 1.42. The molecule has 1 aromatic carbocycles. The average Bonchev–Trinajstić information content (AvgIpc) is 2.67. The van der Waals surface area contributed by atoms with Crippen LogP contribution in [0.3, 0.4) is 0 Å². The van der Waals surface area contributed by atoms with Crippen LogP contribution in [0.2, 0.25) is 0 Å². The molecule has 0 bridgehead atoms. The van der Waals surface area contributed by atoms with Crippen molar-refractivity contribution in [1.82, 2.24) is 9.78 Å². The fraction of sp³-hybridized carbons (Fsp3) is 0.0909. The fourth-order valence-corrected chi connectivity index (χ4v) is 1.78. The molecule has 2 aromatic rings. The third kappa shape index (κ3) is 1.99. The summed E-state index contributed by atoms with van der Waals surface area (Å²) in [7, 11) is 1.76. The molecule has 0 amide bonds. The van der Waals surface area contributed by atoms with Crippen molar-refractivity contribution in [2.24, 2.45) is 7.05 Å². The molecule has 1 aromatic heterocycles. The van der Waals surface area contributed by atoms with Gasteiger partial charge in [-0.25, -0.2) is 0 Å². The predicted molar refractivity (Wildman–Crippen MR) is 65.2 cm³/mol. The topological polar surface area (TPSA) is 60.9 Å². The second-order valence-electron chi connectivity index (χ2n) is 3.46. The first-order valence-electron chi connectivity index (χ1n) is 4.66. The van der Waals surface area contributed by atoms with Crippen LogP contribution < -0.4 is 5.73 Å². The third-order valence-electron chi connectivity index (χ3n) is 2.23. The largest absolute Gasteiger partial charge is 0.398 e. The van der Waals surface area contributed by atoms with E-state index in [4.69, 9.17) is 5.73 Å². The Labute approximate surface area is 101 Å². The number of aromatic nitrogens is 2. The first-order valence-corrected chi connectivity index (χ1v) is 5.45. The van der Waals surface area contributed by atoms with Gasteiger partial charge in [-0.2, -0.15) is 5.10 Å². The van der Waals surface area contributed by atoms with Crippen molar-refractivity contribution in [1.29, 1.82) is 0 Å². The van der Waals surface area contributed by atoms with E-state index in [0.29, 0.717) is 16.8 Å². The highest BCUT2D eigenvalue weighted by atomic mass is 79.9. The van der Waals surface area contributed by atoms with Crippen molar-refractivity contribution in [2.45, 2.75) is 0 Å². The molecule has 0 aliphatic carbocycles. The highest BCUT2D eigenvalue weighted by molar-refractivity contribution is 9.10. The molecule has 0 spiro atoms. The summed E-state index contributed by atoms with van der Waals surface area (Å²) in [6, 6.07) is 5.22. The number of benzene rings is 1. The van der Waals surface area contributed by atoms with Crippen LogP contribution in [0.4, 0.5) is 5.69 Å². The molecule has 5 heteroatoms. The summed E-state index contributed by atoms with van der Waals surface area (Å²) in [5.74, 6) is -0.119. The summed E-state index contributed by atoms with van der Waals surface area (Å²) in [6.07, 6.45) is 3.20. The smallest absolute Gasteiger partial charge is 0.198 e. The van der Waals surface area contributed by atoms with Crippen LogP contribution in [0.5, 0.6) is 0 Å². The Morgan fingerprint density at radius 3 is 2.88 bits per heavy atom. The number of aryl methyl sites for hydroxylation is 1. The van der Waals surface area contributed by atoms with Crippen molar-refractivity contribution in [2.75, 3.05) is 5.73 Å². The molecule has 0 radical (unpaired) electrons. The number of halogens is 1. The lowest BCUT2D eigenvalue weighted by Gasteiger charge is -2.03. The van der Waals surface area contributed by atoms with E-state index in [9.17, 15) is 4.79 Å². The number of nitrogens with two attached hydrogens (primary N) is 1. The van der Waals surface area contributed by atoms with Crippen molar-refractivity contribution < 1.29 is 4.79 Å². The van der Waals surface area contributed by atoms with Gasteiger partial charge in [0.1, 0.15) is 0 Å². The van der Waals surface area contributed by atoms with E-state index >= 15 is 0 Å². The zero-order valence-electron chi connectivity index (χ0n) is 8.64. The summed E-state index contributed by atoms with van der Waals surface area (Å²) < 4.78 is 2.41. The van der Waals surface area contributed by atoms with Gasteiger partial charge in [-0.15, -0.1) is 0 Å². The summed E-state index contributed by atoms with van der Waals surface area (Å²) >= 11 is 3.31. The van der Waals surface area contributed by atoms with E-state index in [1.165, 1.54) is 6.20 Å². The number of hydrogen-bond donors (Lipinski definition) is 1. The van der Waals surface area contributed by atoms with Gasteiger partial charge >= 0.3 is 0 Å². The zero-order valence-corrected chi connectivity index (χ0v) is 10.2. The normalized spacial score (nSPS) is 10.4. The number of nitrogens with zero attached hydrogens (tertiary/aromatic N) is 2. The maximum Gasteiger partial charge on any atom is 0.198 e. The second-order valence-corrected chi connectivity index (χ2v) is 4.38. The van der Waals surface area contributed by atoms with E-state index in [1.807, 2.05) is 0 Å². The Bertz CT molecular complexity index is 548. The van der Waals surface area contributed by atoms with E-state index < -0.39 is 0 Å². The van der Waals surface area contributed by atoms with Crippen LogP contribution in [0.25, 0.3) is 0 Å². The van der Waals surface area contributed by atoms with Crippen molar-refractivity contribution >= 4 is 27.4 Å². The molecule has 16 heavy (non-hydrogen) atoms. The summed E-state index contributed by atoms with van der Waals surface area (Å²) in [6.45, 7) is 0. The highest BCUT2D eigenvalue weighted by Gasteiger charge is 2.14. The Morgan fingerprint density at radius 2 is 2.25 bits per heavy atom.